The van der Waals surface area contributed by atoms with Gasteiger partial charge in [-0.1, -0.05) is 18.2 Å². The van der Waals surface area contributed by atoms with E-state index < -0.39 is 17.7 Å². The SMILES string of the molecule is CC(C)(C)ONC(=O)OC(=O)c1ccccc1. The molecule has 1 N–H and O–H groups in total. The zero-order valence-corrected chi connectivity index (χ0v) is 10.0. The number of carbonyl (C=O) groups is 2. The number of hydroxylamine groups is 1. The van der Waals surface area contributed by atoms with E-state index in [0.717, 1.165) is 0 Å². The Morgan fingerprint density at radius 2 is 1.71 bits per heavy atom. The van der Waals surface area contributed by atoms with Gasteiger partial charge in [-0.05, 0) is 32.9 Å². The van der Waals surface area contributed by atoms with E-state index in [4.69, 9.17) is 4.84 Å². The summed E-state index contributed by atoms with van der Waals surface area (Å²) in [5, 5.41) is 0. The van der Waals surface area contributed by atoms with Crippen LogP contribution in [0.4, 0.5) is 4.79 Å². The van der Waals surface area contributed by atoms with Crippen molar-refractivity contribution in [3.8, 4) is 0 Å². The van der Waals surface area contributed by atoms with Crippen molar-refractivity contribution in [2.45, 2.75) is 26.4 Å². The largest absolute Gasteiger partial charge is 0.439 e. The van der Waals surface area contributed by atoms with Crippen LogP contribution in [0.15, 0.2) is 30.3 Å². The number of amides is 1. The Balaban J connectivity index is 2.45. The second kappa shape index (κ2) is 5.45. The van der Waals surface area contributed by atoms with Gasteiger partial charge in [-0.2, -0.15) is 5.48 Å². The molecule has 0 bridgehead atoms. The van der Waals surface area contributed by atoms with Gasteiger partial charge in [0, 0.05) is 0 Å². The average molecular weight is 237 g/mol. The zero-order chi connectivity index (χ0) is 12.9. The molecule has 0 aliphatic rings. The van der Waals surface area contributed by atoms with Crippen molar-refractivity contribution in [2.24, 2.45) is 0 Å². The Labute approximate surface area is 99.7 Å². The summed E-state index contributed by atoms with van der Waals surface area (Å²) in [4.78, 5) is 27.6. The van der Waals surface area contributed by atoms with E-state index in [-0.39, 0.29) is 0 Å². The Morgan fingerprint density at radius 3 is 2.24 bits per heavy atom. The van der Waals surface area contributed by atoms with Crippen molar-refractivity contribution in [2.75, 3.05) is 0 Å². The first-order valence-corrected chi connectivity index (χ1v) is 5.14. The lowest BCUT2D eigenvalue weighted by Crippen LogP contribution is -2.34. The number of rotatable bonds is 2. The van der Waals surface area contributed by atoms with Crippen LogP contribution < -0.4 is 5.48 Å². The Kier molecular flexibility index (Phi) is 4.23. The van der Waals surface area contributed by atoms with Crippen LogP contribution in [0, 0.1) is 0 Å². The van der Waals surface area contributed by atoms with Crippen LogP contribution in [0.25, 0.3) is 0 Å². The first-order chi connectivity index (χ1) is 7.88. The normalized spacial score (nSPS) is 10.8. The van der Waals surface area contributed by atoms with Crippen LogP contribution in [0.5, 0.6) is 0 Å². The molecule has 1 aromatic rings. The standard InChI is InChI=1S/C12H15NO4/c1-12(2,3)17-13-11(15)16-10(14)9-7-5-4-6-8-9/h4-8H,1-3H3,(H,13,15). The minimum absolute atomic E-state index is 0.304. The molecule has 1 rings (SSSR count). The van der Waals surface area contributed by atoms with E-state index >= 15 is 0 Å². The summed E-state index contributed by atoms with van der Waals surface area (Å²) in [5.74, 6) is -0.722. The first-order valence-electron chi connectivity index (χ1n) is 5.14. The molecule has 0 aliphatic heterocycles. The summed E-state index contributed by atoms with van der Waals surface area (Å²) in [7, 11) is 0. The van der Waals surface area contributed by atoms with E-state index in [1.54, 1.807) is 51.1 Å². The fraction of sp³-hybridized carbons (Fsp3) is 0.333. The summed E-state index contributed by atoms with van der Waals surface area (Å²) in [5.41, 5.74) is 1.80. The van der Waals surface area contributed by atoms with Crippen LogP contribution in [-0.2, 0) is 9.57 Å². The molecular formula is C12H15NO4. The molecule has 1 aromatic carbocycles. The Hall–Kier alpha value is -1.88. The zero-order valence-electron chi connectivity index (χ0n) is 10.0. The van der Waals surface area contributed by atoms with E-state index in [9.17, 15) is 9.59 Å². The summed E-state index contributed by atoms with van der Waals surface area (Å²) < 4.78 is 4.52. The Bertz CT molecular complexity index is 395. The summed E-state index contributed by atoms with van der Waals surface area (Å²) in [6.45, 7) is 5.27. The molecule has 0 aromatic heterocycles. The molecule has 0 saturated carbocycles. The van der Waals surface area contributed by atoms with Crippen LogP contribution >= 0.6 is 0 Å². The second-order valence-electron chi connectivity index (χ2n) is 4.36. The number of hydrogen-bond acceptors (Lipinski definition) is 4. The third-order valence-corrected chi connectivity index (χ3v) is 1.64. The van der Waals surface area contributed by atoms with Crippen molar-refractivity contribution in [1.82, 2.24) is 5.48 Å². The monoisotopic (exact) mass is 237 g/mol. The van der Waals surface area contributed by atoms with E-state index in [1.807, 2.05) is 5.48 Å². The van der Waals surface area contributed by atoms with Gasteiger partial charge in [0.2, 0.25) is 0 Å². The van der Waals surface area contributed by atoms with Gasteiger partial charge in [0.15, 0.2) is 0 Å². The maximum atomic E-state index is 11.4. The maximum Gasteiger partial charge on any atom is 0.439 e. The van der Waals surface area contributed by atoms with Crippen molar-refractivity contribution < 1.29 is 19.2 Å². The minimum atomic E-state index is -0.936. The molecule has 0 saturated heterocycles. The molecular weight excluding hydrogens is 222 g/mol. The first kappa shape index (κ1) is 13.2. The second-order valence-corrected chi connectivity index (χ2v) is 4.36. The van der Waals surface area contributed by atoms with Gasteiger partial charge in [-0.25, -0.2) is 9.59 Å². The number of hydrogen-bond donors (Lipinski definition) is 1. The van der Waals surface area contributed by atoms with Gasteiger partial charge in [-0.3, -0.25) is 4.84 Å². The molecule has 17 heavy (non-hydrogen) atoms. The number of ether oxygens (including phenoxy) is 1. The predicted octanol–water partition coefficient (Wildman–Crippen LogP) is 2.28. The van der Waals surface area contributed by atoms with Gasteiger partial charge < -0.3 is 4.74 Å². The van der Waals surface area contributed by atoms with Gasteiger partial charge in [0.1, 0.15) is 0 Å². The quantitative estimate of drug-likeness (QED) is 0.487. The maximum absolute atomic E-state index is 11.4. The summed E-state index contributed by atoms with van der Waals surface area (Å²) >= 11 is 0. The van der Waals surface area contributed by atoms with E-state index in [1.165, 1.54) is 0 Å². The van der Waals surface area contributed by atoms with Crippen molar-refractivity contribution >= 4 is 12.1 Å². The third kappa shape index (κ3) is 5.12. The lowest BCUT2D eigenvalue weighted by Gasteiger charge is -2.18. The molecule has 1 amide bonds. The van der Waals surface area contributed by atoms with Crippen LogP contribution in [0.3, 0.4) is 0 Å². The lowest BCUT2D eigenvalue weighted by molar-refractivity contribution is -0.0632. The van der Waals surface area contributed by atoms with Gasteiger partial charge >= 0.3 is 12.1 Å². The highest BCUT2D eigenvalue weighted by atomic mass is 16.7. The molecule has 0 heterocycles. The molecule has 5 heteroatoms. The van der Waals surface area contributed by atoms with Crippen LogP contribution in [0.2, 0.25) is 0 Å². The molecule has 0 fully saturated rings. The van der Waals surface area contributed by atoms with Crippen molar-refractivity contribution in [3.63, 3.8) is 0 Å². The number of benzene rings is 1. The number of carbonyl (C=O) groups excluding carboxylic acids is 2. The molecule has 0 spiro atoms. The average Bonchev–Trinajstić information content (AvgIpc) is 2.27. The predicted molar refractivity (Wildman–Crippen MR) is 61.2 cm³/mol. The molecule has 0 aliphatic carbocycles. The number of esters is 1. The van der Waals surface area contributed by atoms with E-state index in [0.29, 0.717) is 5.56 Å². The smallest absolute Gasteiger partial charge is 0.371 e. The Morgan fingerprint density at radius 1 is 1.12 bits per heavy atom. The summed E-state index contributed by atoms with van der Waals surface area (Å²) in [6, 6.07) is 8.24. The fourth-order valence-corrected chi connectivity index (χ4v) is 0.933. The van der Waals surface area contributed by atoms with Crippen molar-refractivity contribution in [1.29, 1.82) is 0 Å². The van der Waals surface area contributed by atoms with Crippen LogP contribution in [0.1, 0.15) is 31.1 Å². The van der Waals surface area contributed by atoms with Gasteiger partial charge in [0.25, 0.3) is 0 Å². The highest BCUT2D eigenvalue weighted by molar-refractivity contribution is 5.96. The van der Waals surface area contributed by atoms with Gasteiger partial charge in [0.05, 0.1) is 11.2 Å². The fourth-order valence-electron chi connectivity index (χ4n) is 0.933. The summed E-state index contributed by atoms with van der Waals surface area (Å²) in [6.07, 6.45) is -0.936. The highest BCUT2D eigenvalue weighted by Crippen LogP contribution is 2.05. The molecule has 0 atom stereocenters. The minimum Gasteiger partial charge on any atom is -0.371 e. The molecule has 5 nitrogen and oxygen atoms in total. The van der Waals surface area contributed by atoms with Crippen molar-refractivity contribution in [3.05, 3.63) is 35.9 Å². The molecule has 0 radical (unpaired) electrons. The lowest BCUT2D eigenvalue weighted by atomic mass is 10.2. The van der Waals surface area contributed by atoms with Gasteiger partial charge in [-0.15, -0.1) is 0 Å². The number of nitrogens with one attached hydrogen (secondary N) is 1. The van der Waals surface area contributed by atoms with E-state index in [2.05, 4.69) is 4.74 Å². The molecule has 92 valence electrons. The topological polar surface area (TPSA) is 64.6 Å². The third-order valence-electron chi connectivity index (χ3n) is 1.64. The highest BCUT2D eigenvalue weighted by Gasteiger charge is 2.16. The molecule has 0 unspecified atom stereocenters. The van der Waals surface area contributed by atoms with Crippen LogP contribution in [-0.4, -0.2) is 17.7 Å².